The second-order valence-electron chi connectivity index (χ2n) is 5.90. The Bertz CT molecular complexity index is 943. The number of amides is 1. The van der Waals surface area contributed by atoms with Crippen molar-refractivity contribution < 1.29 is 18.8 Å². The Morgan fingerprint density at radius 3 is 2.19 bits per heavy atom. The van der Waals surface area contributed by atoms with Gasteiger partial charge in [0.15, 0.2) is 18.2 Å². The van der Waals surface area contributed by atoms with Gasteiger partial charge < -0.3 is 14.6 Å². The lowest BCUT2D eigenvalue weighted by atomic mass is 10.0. The molecule has 0 spiro atoms. The lowest BCUT2D eigenvalue weighted by Crippen LogP contribution is -2.20. The SMILES string of the molecule is Cc1noc(C)c1NC(=O)COc1ccc(C(=O)c2ccc(Cl)cc2)cc1. The number of rotatable bonds is 6. The number of nitrogens with zero attached hydrogens (tertiary/aromatic N) is 1. The van der Waals surface area contributed by atoms with Gasteiger partial charge in [-0.1, -0.05) is 16.8 Å². The van der Waals surface area contributed by atoms with E-state index >= 15 is 0 Å². The van der Waals surface area contributed by atoms with E-state index in [4.69, 9.17) is 20.9 Å². The summed E-state index contributed by atoms with van der Waals surface area (Å²) in [5.74, 6) is 0.572. The maximum atomic E-state index is 12.4. The molecule has 0 fully saturated rings. The van der Waals surface area contributed by atoms with Crippen LogP contribution in [0.3, 0.4) is 0 Å². The summed E-state index contributed by atoms with van der Waals surface area (Å²) in [4.78, 5) is 24.4. The molecule has 1 N–H and O–H groups in total. The minimum Gasteiger partial charge on any atom is -0.484 e. The molecule has 3 rings (SSSR count). The fourth-order valence-corrected chi connectivity index (χ4v) is 2.58. The van der Waals surface area contributed by atoms with Crippen LogP contribution < -0.4 is 10.1 Å². The second kappa shape index (κ2) is 8.05. The van der Waals surface area contributed by atoms with Crippen LogP contribution in [0, 0.1) is 13.8 Å². The van der Waals surface area contributed by atoms with E-state index in [9.17, 15) is 9.59 Å². The fourth-order valence-electron chi connectivity index (χ4n) is 2.46. The van der Waals surface area contributed by atoms with E-state index in [0.717, 1.165) is 0 Å². The molecule has 3 aromatic rings. The van der Waals surface area contributed by atoms with Gasteiger partial charge in [0, 0.05) is 16.1 Å². The molecule has 6 nitrogen and oxygen atoms in total. The van der Waals surface area contributed by atoms with Gasteiger partial charge in [-0.15, -0.1) is 0 Å². The Morgan fingerprint density at radius 2 is 1.63 bits per heavy atom. The Hall–Kier alpha value is -3.12. The summed E-state index contributed by atoms with van der Waals surface area (Å²) in [5.41, 5.74) is 2.22. The van der Waals surface area contributed by atoms with Crippen LogP contribution in [0.25, 0.3) is 0 Å². The predicted molar refractivity (Wildman–Crippen MR) is 101 cm³/mol. The number of ether oxygens (including phenoxy) is 1. The molecule has 7 heteroatoms. The van der Waals surface area contributed by atoms with Crippen molar-refractivity contribution in [3.05, 3.63) is 76.1 Å². The fraction of sp³-hybridized carbons (Fsp3) is 0.150. The Kier molecular flexibility index (Phi) is 5.57. The molecule has 27 heavy (non-hydrogen) atoms. The van der Waals surface area contributed by atoms with Crippen LogP contribution in [0.2, 0.25) is 5.02 Å². The largest absolute Gasteiger partial charge is 0.484 e. The van der Waals surface area contributed by atoms with Crippen molar-refractivity contribution in [1.82, 2.24) is 5.16 Å². The summed E-state index contributed by atoms with van der Waals surface area (Å²) in [5, 5.41) is 7.05. The van der Waals surface area contributed by atoms with Gasteiger partial charge in [0.05, 0.1) is 0 Å². The van der Waals surface area contributed by atoms with E-state index in [1.165, 1.54) is 0 Å². The molecule has 0 unspecified atom stereocenters. The standard InChI is InChI=1S/C20H17ClN2O4/c1-12-19(13(2)27-23-12)22-18(24)11-26-17-9-5-15(6-10-17)20(25)14-3-7-16(21)8-4-14/h3-10H,11H2,1-2H3,(H,22,24). The first-order valence-corrected chi connectivity index (χ1v) is 8.57. The van der Waals surface area contributed by atoms with Crippen molar-refractivity contribution in [3.63, 3.8) is 0 Å². The van der Waals surface area contributed by atoms with Crippen LogP contribution in [0.1, 0.15) is 27.4 Å². The molecule has 0 saturated carbocycles. The van der Waals surface area contributed by atoms with Gasteiger partial charge in [-0.2, -0.15) is 0 Å². The zero-order valence-corrected chi connectivity index (χ0v) is 15.5. The lowest BCUT2D eigenvalue weighted by Gasteiger charge is -2.08. The van der Waals surface area contributed by atoms with E-state index in [-0.39, 0.29) is 18.3 Å². The molecule has 0 bridgehead atoms. The Balaban J connectivity index is 1.58. The normalized spacial score (nSPS) is 10.5. The van der Waals surface area contributed by atoms with E-state index in [1.54, 1.807) is 62.4 Å². The third kappa shape index (κ3) is 4.54. The number of ketones is 1. The van der Waals surface area contributed by atoms with Crippen LogP contribution in [0.15, 0.2) is 53.1 Å². The third-order valence-electron chi connectivity index (χ3n) is 3.89. The van der Waals surface area contributed by atoms with Crippen molar-refractivity contribution in [1.29, 1.82) is 0 Å². The highest BCUT2D eigenvalue weighted by Gasteiger charge is 2.13. The number of carbonyl (C=O) groups excluding carboxylic acids is 2. The molecule has 0 aliphatic rings. The number of halogens is 1. The highest BCUT2D eigenvalue weighted by atomic mass is 35.5. The minimum atomic E-state index is -0.328. The maximum absolute atomic E-state index is 12.4. The zero-order chi connectivity index (χ0) is 19.4. The van der Waals surface area contributed by atoms with E-state index in [0.29, 0.717) is 39.0 Å². The first-order valence-electron chi connectivity index (χ1n) is 8.20. The number of aryl methyl sites for hydroxylation is 2. The molecule has 0 atom stereocenters. The molecule has 1 aromatic heterocycles. The molecule has 1 amide bonds. The molecule has 2 aromatic carbocycles. The van der Waals surface area contributed by atoms with Crippen LogP contribution in [-0.4, -0.2) is 23.5 Å². The van der Waals surface area contributed by atoms with Gasteiger partial charge in [0.25, 0.3) is 5.91 Å². The summed E-state index contributed by atoms with van der Waals surface area (Å²) in [6.07, 6.45) is 0. The second-order valence-corrected chi connectivity index (χ2v) is 6.33. The summed E-state index contributed by atoms with van der Waals surface area (Å²) >= 11 is 5.84. The summed E-state index contributed by atoms with van der Waals surface area (Å²) < 4.78 is 10.5. The topological polar surface area (TPSA) is 81.4 Å². The number of hydrogen-bond acceptors (Lipinski definition) is 5. The summed E-state index contributed by atoms with van der Waals surface area (Å²) in [7, 11) is 0. The first kappa shape index (κ1) is 18.7. The lowest BCUT2D eigenvalue weighted by molar-refractivity contribution is -0.118. The number of anilines is 1. The quantitative estimate of drug-likeness (QED) is 0.644. The number of carbonyl (C=O) groups is 2. The van der Waals surface area contributed by atoms with Gasteiger partial charge >= 0.3 is 0 Å². The number of benzene rings is 2. The first-order chi connectivity index (χ1) is 12.9. The average Bonchev–Trinajstić information content (AvgIpc) is 2.99. The molecule has 0 aliphatic heterocycles. The molecule has 1 heterocycles. The number of nitrogens with one attached hydrogen (secondary N) is 1. The number of aromatic nitrogens is 1. The zero-order valence-electron chi connectivity index (χ0n) is 14.8. The van der Waals surface area contributed by atoms with Gasteiger partial charge in [-0.25, -0.2) is 0 Å². The minimum absolute atomic E-state index is 0.116. The molecular weight excluding hydrogens is 368 g/mol. The Labute approximate surface area is 161 Å². The van der Waals surface area contributed by atoms with Gasteiger partial charge in [-0.05, 0) is 62.4 Å². The third-order valence-corrected chi connectivity index (χ3v) is 4.14. The average molecular weight is 385 g/mol. The molecular formula is C20H17ClN2O4. The number of hydrogen-bond donors (Lipinski definition) is 1. The molecule has 0 saturated heterocycles. The van der Waals surface area contributed by atoms with E-state index in [1.807, 2.05) is 0 Å². The van der Waals surface area contributed by atoms with Gasteiger partial charge in [-0.3, -0.25) is 9.59 Å². The van der Waals surface area contributed by atoms with Crippen molar-refractivity contribution in [2.45, 2.75) is 13.8 Å². The van der Waals surface area contributed by atoms with Crippen molar-refractivity contribution in [2.24, 2.45) is 0 Å². The van der Waals surface area contributed by atoms with Gasteiger partial charge in [0.1, 0.15) is 17.1 Å². The van der Waals surface area contributed by atoms with Gasteiger partial charge in [0.2, 0.25) is 0 Å². The van der Waals surface area contributed by atoms with Crippen molar-refractivity contribution in [2.75, 3.05) is 11.9 Å². The Morgan fingerprint density at radius 1 is 1.04 bits per heavy atom. The summed E-state index contributed by atoms with van der Waals surface area (Å²) in [6.45, 7) is 3.28. The maximum Gasteiger partial charge on any atom is 0.262 e. The summed E-state index contributed by atoms with van der Waals surface area (Å²) in [6, 6.07) is 13.3. The van der Waals surface area contributed by atoms with Crippen LogP contribution >= 0.6 is 11.6 Å². The molecule has 0 radical (unpaired) electrons. The van der Waals surface area contributed by atoms with E-state index < -0.39 is 0 Å². The molecule has 138 valence electrons. The predicted octanol–water partition coefficient (Wildman–Crippen LogP) is 4.19. The van der Waals surface area contributed by atoms with Crippen molar-refractivity contribution in [3.8, 4) is 5.75 Å². The monoisotopic (exact) mass is 384 g/mol. The van der Waals surface area contributed by atoms with E-state index in [2.05, 4.69) is 10.5 Å². The van der Waals surface area contributed by atoms with Crippen LogP contribution in [-0.2, 0) is 4.79 Å². The molecule has 0 aliphatic carbocycles. The van der Waals surface area contributed by atoms with Crippen LogP contribution in [0.4, 0.5) is 5.69 Å². The van der Waals surface area contributed by atoms with Crippen LogP contribution in [0.5, 0.6) is 5.75 Å². The van der Waals surface area contributed by atoms with Crippen molar-refractivity contribution >= 4 is 29.0 Å². The highest BCUT2D eigenvalue weighted by molar-refractivity contribution is 6.30. The smallest absolute Gasteiger partial charge is 0.262 e. The highest BCUT2D eigenvalue weighted by Crippen LogP contribution is 2.19.